The van der Waals surface area contributed by atoms with Crippen molar-refractivity contribution in [3.63, 3.8) is 0 Å². The normalized spacial score (nSPS) is 9.43. The lowest BCUT2D eigenvalue weighted by molar-refractivity contribution is -0.148. The minimum atomic E-state index is -0.485. The van der Waals surface area contributed by atoms with Crippen molar-refractivity contribution >= 4 is 17.7 Å². The fraction of sp³-hybridized carbons (Fsp3) is 0.500. The standard InChI is InChI=1S/C14H19NO4.C2H6.H2/c1-4-18-14(17)15-12-7-5-11(6-8-12)9-19-13(16)10(2)3;1-2;/h5-8,10H,4,9H2,1-3H3,(H,15,17);1-2H3;1H. The summed E-state index contributed by atoms with van der Waals surface area (Å²) in [4.78, 5) is 22.5. The van der Waals surface area contributed by atoms with Gasteiger partial charge in [0.25, 0.3) is 0 Å². The van der Waals surface area contributed by atoms with E-state index in [0.29, 0.717) is 12.3 Å². The summed E-state index contributed by atoms with van der Waals surface area (Å²) in [6.07, 6.45) is -0.485. The number of benzene rings is 1. The number of ether oxygens (including phenoxy) is 2. The fourth-order valence-corrected chi connectivity index (χ4v) is 1.29. The van der Waals surface area contributed by atoms with Gasteiger partial charge in [-0.05, 0) is 24.6 Å². The van der Waals surface area contributed by atoms with Gasteiger partial charge in [0.05, 0.1) is 12.5 Å². The SMILES string of the molecule is CC.CCOC(=O)Nc1ccc(COC(=O)C(C)C)cc1.[HH]. The van der Waals surface area contributed by atoms with Crippen LogP contribution in [0.4, 0.5) is 10.5 Å². The Hall–Kier alpha value is -2.04. The maximum atomic E-state index is 11.3. The Kier molecular flexibility index (Phi) is 9.67. The average molecular weight is 297 g/mol. The number of nitrogens with one attached hydrogen (secondary N) is 1. The molecule has 0 bridgehead atoms. The van der Waals surface area contributed by atoms with Crippen molar-refractivity contribution in [2.24, 2.45) is 5.92 Å². The van der Waals surface area contributed by atoms with Crippen LogP contribution in [0.15, 0.2) is 24.3 Å². The second-order valence-electron chi connectivity index (χ2n) is 4.30. The van der Waals surface area contributed by atoms with E-state index in [1.54, 1.807) is 45.0 Å². The van der Waals surface area contributed by atoms with Crippen LogP contribution in [0, 0.1) is 5.92 Å². The zero-order valence-corrected chi connectivity index (χ0v) is 13.4. The van der Waals surface area contributed by atoms with E-state index in [4.69, 9.17) is 9.47 Å². The van der Waals surface area contributed by atoms with Crippen molar-refractivity contribution in [1.82, 2.24) is 0 Å². The zero-order valence-electron chi connectivity index (χ0n) is 13.4. The van der Waals surface area contributed by atoms with E-state index >= 15 is 0 Å². The quantitative estimate of drug-likeness (QED) is 0.826. The van der Waals surface area contributed by atoms with Crippen molar-refractivity contribution < 1.29 is 20.5 Å². The third-order valence-electron chi connectivity index (χ3n) is 2.33. The molecule has 1 aromatic carbocycles. The van der Waals surface area contributed by atoms with Crippen LogP contribution in [0.3, 0.4) is 0 Å². The Labute approximate surface area is 128 Å². The topological polar surface area (TPSA) is 64.6 Å². The van der Waals surface area contributed by atoms with Gasteiger partial charge in [-0.2, -0.15) is 0 Å². The lowest BCUT2D eigenvalue weighted by atomic mass is 10.2. The number of carbonyl (C=O) groups excluding carboxylic acids is 2. The summed E-state index contributed by atoms with van der Waals surface area (Å²) >= 11 is 0. The Bertz CT molecular complexity index is 432. The number of hydrogen-bond donors (Lipinski definition) is 1. The minimum absolute atomic E-state index is 0. The van der Waals surface area contributed by atoms with Gasteiger partial charge < -0.3 is 9.47 Å². The molecule has 0 saturated carbocycles. The third-order valence-corrected chi connectivity index (χ3v) is 2.33. The van der Waals surface area contributed by atoms with Crippen LogP contribution in [0.1, 0.15) is 41.6 Å². The maximum Gasteiger partial charge on any atom is 0.411 e. The van der Waals surface area contributed by atoms with Gasteiger partial charge in [0.15, 0.2) is 0 Å². The van der Waals surface area contributed by atoms with Gasteiger partial charge in [-0.3, -0.25) is 10.1 Å². The summed E-state index contributed by atoms with van der Waals surface area (Å²) < 4.78 is 9.86. The predicted molar refractivity (Wildman–Crippen MR) is 85.2 cm³/mol. The first kappa shape index (κ1) is 19.0. The second-order valence-corrected chi connectivity index (χ2v) is 4.30. The highest BCUT2D eigenvalue weighted by Crippen LogP contribution is 2.11. The Morgan fingerprint density at radius 2 is 1.71 bits per heavy atom. The van der Waals surface area contributed by atoms with E-state index < -0.39 is 6.09 Å². The van der Waals surface area contributed by atoms with Crippen LogP contribution in [0.2, 0.25) is 0 Å². The molecule has 0 fully saturated rings. The van der Waals surface area contributed by atoms with Crippen LogP contribution in [0.25, 0.3) is 0 Å². The first-order valence-electron chi connectivity index (χ1n) is 7.22. The summed E-state index contributed by atoms with van der Waals surface area (Å²) in [5, 5.41) is 2.58. The maximum absolute atomic E-state index is 11.3. The van der Waals surface area contributed by atoms with Gasteiger partial charge in [0.1, 0.15) is 6.61 Å². The molecule has 0 radical (unpaired) electrons. The molecule has 0 heterocycles. The Morgan fingerprint density at radius 3 is 2.19 bits per heavy atom. The van der Waals surface area contributed by atoms with Crippen LogP contribution in [-0.2, 0) is 20.9 Å². The number of amides is 1. The van der Waals surface area contributed by atoms with Crippen LogP contribution >= 0.6 is 0 Å². The molecule has 21 heavy (non-hydrogen) atoms. The first-order valence-corrected chi connectivity index (χ1v) is 7.22. The monoisotopic (exact) mass is 297 g/mol. The number of anilines is 1. The molecule has 1 amide bonds. The predicted octanol–water partition coefficient (Wildman–Crippen LogP) is 4.23. The number of rotatable bonds is 5. The van der Waals surface area contributed by atoms with Crippen molar-refractivity contribution in [3.8, 4) is 0 Å². The van der Waals surface area contributed by atoms with Gasteiger partial charge in [-0.25, -0.2) is 4.79 Å². The summed E-state index contributed by atoms with van der Waals surface area (Å²) in [6.45, 7) is 9.88. The van der Waals surface area contributed by atoms with Gasteiger partial charge in [-0.1, -0.05) is 39.8 Å². The lowest BCUT2D eigenvalue weighted by Gasteiger charge is -2.08. The van der Waals surface area contributed by atoms with Gasteiger partial charge in [0, 0.05) is 7.11 Å². The fourth-order valence-electron chi connectivity index (χ4n) is 1.29. The van der Waals surface area contributed by atoms with Gasteiger partial charge in [-0.15, -0.1) is 0 Å². The molecule has 1 N–H and O–H groups in total. The molecule has 0 spiro atoms. The van der Waals surface area contributed by atoms with E-state index in [9.17, 15) is 9.59 Å². The highest BCUT2D eigenvalue weighted by Gasteiger charge is 2.08. The van der Waals surface area contributed by atoms with Crippen molar-refractivity contribution in [2.75, 3.05) is 11.9 Å². The Morgan fingerprint density at radius 1 is 1.14 bits per heavy atom. The average Bonchev–Trinajstić information content (AvgIpc) is 2.48. The molecule has 5 nitrogen and oxygen atoms in total. The van der Waals surface area contributed by atoms with E-state index in [1.165, 1.54) is 0 Å². The molecule has 5 heteroatoms. The molecule has 1 aromatic rings. The zero-order chi connectivity index (χ0) is 16.3. The summed E-state index contributed by atoms with van der Waals surface area (Å²) in [6, 6.07) is 7.04. The van der Waals surface area contributed by atoms with E-state index in [-0.39, 0.29) is 19.9 Å². The molecular weight excluding hydrogens is 270 g/mol. The molecule has 0 unspecified atom stereocenters. The molecule has 0 aliphatic carbocycles. The molecule has 0 aliphatic heterocycles. The summed E-state index contributed by atoms with van der Waals surface area (Å²) in [7, 11) is 0. The molecule has 0 aliphatic rings. The lowest BCUT2D eigenvalue weighted by Crippen LogP contribution is -2.13. The van der Waals surface area contributed by atoms with Crippen molar-refractivity contribution in [3.05, 3.63) is 29.8 Å². The van der Waals surface area contributed by atoms with Crippen molar-refractivity contribution in [2.45, 2.75) is 41.2 Å². The molecule has 120 valence electrons. The van der Waals surface area contributed by atoms with Crippen LogP contribution in [-0.4, -0.2) is 18.7 Å². The highest BCUT2D eigenvalue weighted by atomic mass is 16.5. The third kappa shape index (κ3) is 7.97. The molecule has 1 rings (SSSR count). The van der Waals surface area contributed by atoms with E-state index in [2.05, 4.69) is 5.32 Å². The Balaban J connectivity index is 0. The number of esters is 1. The second kappa shape index (κ2) is 10.7. The van der Waals surface area contributed by atoms with Crippen molar-refractivity contribution in [1.29, 1.82) is 0 Å². The number of carbonyl (C=O) groups is 2. The largest absolute Gasteiger partial charge is 0.461 e. The minimum Gasteiger partial charge on any atom is -0.461 e. The smallest absolute Gasteiger partial charge is 0.411 e. The van der Waals surface area contributed by atoms with Gasteiger partial charge in [0.2, 0.25) is 0 Å². The summed E-state index contributed by atoms with van der Waals surface area (Å²) in [5.74, 6) is -0.363. The van der Waals surface area contributed by atoms with Crippen LogP contribution in [0.5, 0.6) is 0 Å². The van der Waals surface area contributed by atoms with E-state index in [0.717, 1.165) is 5.56 Å². The first-order chi connectivity index (χ1) is 10.0. The number of hydrogen-bond acceptors (Lipinski definition) is 4. The molecule has 0 atom stereocenters. The molecular formula is C16H27NO4. The van der Waals surface area contributed by atoms with Crippen LogP contribution < -0.4 is 5.32 Å². The molecule has 0 aromatic heterocycles. The summed E-state index contributed by atoms with van der Waals surface area (Å²) in [5.41, 5.74) is 1.50. The van der Waals surface area contributed by atoms with E-state index in [1.807, 2.05) is 13.8 Å². The highest BCUT2D eigenvalue weighted by molar-refractivity contribution is 5.84. The van der Waals surface area contributed by atoms with Gasteiger partial charge >= 0.3 is 12.1 Å². The molecule has 0 saturated heterocycles.